The molecule has 1 saturated carbocycles. The second kappa shape index (κ2) is 9.64. The van der Waals surface area contributed by atoms with Crippen LogP contribution < -0.4 is 19.9 Å². The highest BCUT2D eigenvalue weighted by atomic mass is 16.5. The average molecular weight is 454 g/mol. The molecule has 1 atom stereocenters. The number of carbonyl (C=O) groups excluding carboxylic acids is 2. The summed E-state index contributed by atoms with van der Waals surface area (Å²) >= 11 is 0. The molecule has 1 N–H and O–H groups in total. The summed E-state index contributed by atoms with van der Waals surface area (Å²) in [5, 5.41) is 3.27. The molecule has 176 valence electrons. The maximum absolute atomic E-state index is 13.0. The molecule has 33 heavy (non-hydrogen) atoms. The summed E-state index contributed by atoms with van der Waals surface area (Å²) in [4.78, 5) is 38.0. The Hall–Kier alpha value is -3.36. The summed E-state index contributed by atoms with van der Waals surface area (Å²) in [6, 6.07) is 5.29. The minimum atomic E-state index is -0.415. The molecule has 0 bridgehead atoms. The lowest BCUT2D eigenvalue weighted by Crippen LogP contribution is -2.55. The molecule has 0 saturated heterocycles. The zero-order valence-electron chi connectivity index (χ0n) is 19.6. The highest BCUT2D eigenvalue weighted by molar-refractivity contribution is 6.04. The minimum absolute atomic E-state index is 0.0941. The fourth-order valence-electron chi connectivity index (χ4n) is 4.78. The number of nitrogens with zero attached hydrogens (tertiary/aromatic N) is 4. The van der Waals surface area contributed by atoms with Crippen LogP contribution in [0.2, 0.25) is 0 Å². The Balaban J connectivity index is 1.61. The molecular formula is C24H31N5O4. The molecule has 1 aliphatic heterocycles. The lowest BCUT2D eigenvalue weighted by Gasteiger charge is -2.43. The third kappa shape index (κ3) is 4.31. The highest BCUT2D eigenvalue weighted by Crippen LogP contribution is 2.39. The Morgan fingerprint density at radius 3 is 2.67 bits per heavy atom. The van der Waals surface area contributed by atoms with E-state index >= 15 is 0 Å². The van der Waals surface area contributed by atoms with E-state index in [1.165, 1.54) is 20.0 Å². The highest BCUT2D eigenvalue weighted by Gasteiger charge is 2.41. The van der Waals surface area contributed by atoms with Crippen molar-refractivity contribution < 1.29 is 19.1 Å². The molecule has 0 unspecified atom stereocenters. The summed E-state index contributed by atoms with van der Waals surface area (Å²) in [5.41, 5.74) is 2.02. The second-order valence-corrected chi connectivity index (χ2v) is 8.44. The third-order valence-corrected chi connectivity index (χ3v) is 6.56. The van der Waals surface area contributed by atoms with E-state index in [9.17, 15) is 9.59 Å². The average Bonchev–Trinajstić information content (AvgIpc) is 3.38. The molecule has 1 aliphatic carbocycles. The van der Waals surface area contributed by atoms with Gasteiger partial charge in [0.1, 0.15) is 17.5 Å². The van der Waals surface area contributed by atoms with Crippen LogP contribution in [0.5, 0.6) is 5.75 Å². The number of hydrogen-bond acceptors (Lipinski definition) is 8. The summed E-state index contributed by atoms with van der Waals surface area (Å²) in [6.07, 6.45) is 6.94. The van der Waals surface area contributed by atoms with Gasteiger partial charge >= 0.3 is 5.97 Å². The summed E-state index contributed by atoms with van der Waals surface area (Å²) in [7, 11) is 4.70. The molecule has 0 radical (unpaired) electrons. The number of carbonyl (C=O) groups is 2. The number of ether oxygens (including phenoxy) is 2. The van der Waals surface area contributed by atoms with Crippen molar-refractivity contribution in [3.05, 3.63) is 35.5 Å². The fourth-order valence-corrected chi connectivity index (χ4v) is 4.78. The van der Waals surface area contributed by atoms with Gasteiger partial charge in [0.25, 0.3) is 0 Å². The van der Waals surface area contributed by atoms with Gasteiger partial charge in [0.05, 0.1) is 26.0 Å². The van der Waals surface area contributed by atoms with Crippen LogP contribution in [-0.2, 0) is 16.1 Å². The predicted molar refractivity (Wildman–Crippen MR) is 126 cm³/mol. The first-order chi connectivity index (χ1) is 16.0. The number of nitrogens with one attached hydrogen (secondary N) is 1. The van der Waals surface area contributed by atoms with Crippen molar-refractivity contribution in [3.8, 4) is 5.75 Å². The van der Waals surface area contributed by atoms with E-state index in [1.807, 2.05) is 13.0 Å². The van der Waals surface area contributed by atoms with Gasteiger partial charge in [-0.15, -0.1) is 0 Å². The van der Waals surface area contributed by atoms with Crippen LogP contribution in [-0.4, -0.2) is 55.2 Å². The van der Waals surface area contributed by atoms with Crippen LogP contribution >= 0.6 is 0 Å². The molecular weight excluding hydrogens is 422 g/mol. The van der Waals surface area contributed by atoms with E-state index in [0.29, 0.717) is 29.8 Å². The smallest absolute Gasteiger partial charge is 0.337 e. The van der Waals surface area contributed by atoms with Crippen molar-refractivity contribution in [2.24, 2.45) is 0 Å². The van der Waals surface area contributed by atoms with Gasteiger partial charge < -0.3 is 24.6 Å². The van der Waals surface area contributed by atoms with Gasteiger partial charge in [0.2, 0.25) is 11.9 Å². The Bertz CT molecular complexity index is 1040. The molecule has 2 aliphatic rings. The predicted octanol–water partition coefficient (Wildman–Crippen LogP) is 3.39. The second-order valence-electron chi connectivity index (χ2n) is 8.44. The van der Waals surface area contributed by atoms with E-state index in [4.69, 9.17) is 14.5 Å². The lowest BCUT2D eigenvalue weighted by molar-refractivity contribution is -0.120. The Labute approximate surface area is 194 Å². The summed E-state index contributed by atoms with van der Waals surface area (Å²) < 4.78 is 10.2. The largest absolute Gasteiger partial charge is 0.496 e. The van der Waals surface area contributed by atoms with Crippen molar-refractivity contribution in [1.82, 2.24) is 9.97 Å². The molecule has 9 nitrogen and oxygen atoms in total. The van der Waals surface area contributed by atoms with Gasteiger partial charge in [-0.05, 0) is 31.4 Å². The van der Waals surface area contributed by atoms with Gasteiger partial charge in [0.15, 0.2) is 5.82 Å². The van der Waals surface area contributed by atoms with Crippen molar-refractivity contribution in [1.29, 1.82) is 0 Å². The first-order valence-electron chi connectivity index (χ1n) is 11.4. The van der Waals surface area contributed by atoms with Crippen molar-refractivity contribution in [3.63, 3.8) is 0 Å². The lowest BCUT2D eigenvalue weighted by atomic mass is 10.0. The first kappa shape index (κ1) is 22.8. The SMILES string of the molecule is CC[C@@H]1C(=O)N(C)c2cnc(NCc3ccc(C(=O)OC)cc3OC)nc2N1C1CCCC1. The monoisotopic (exact) mass is 453 g/mol. The maximum atomic E-state index is 13.0. The van der Waals surface area contributed by atoms with E-state index in [2.05, 4.69) is 15.2 Å². The molecule has 1 fully saturated rings. The minimum Gasteiger partial charge on any atom is -0.496 e. The number of methoxy groups -OCH3 is 2. The van der Waals surface area contributed by atoms with E-state index in [1.54, 1.807) is 37.4 Å². The number of benzene rings is 1. The topological polar surface area (TPSA) is 96.9 Å². The molecule has 1 aromatic carbocycles. The zero-order valence-corrected chi connectivity index (χ0v) is 19.6. The van der Waals surface area contributed by atoms with Crippen LogP contribution in [0.1, 0.15) is 54.9 Å². The maximum Gasteiger partial charge on any atom is 0.337 e. The van der Waals surface area contributed by atoms with Crippen LogP contribution in [0.15, 0.2) is 24.4 Å². The zero-order chi connectivity index (χ0) is 23.5. The van der Waals surface area contributed by atoms with Crippen molar-refractivity contribution >= 4 is 29.3 Å². The van der Waals surface area contributed by atoms with Crippen LogP contribution in [0.4, 0.5) is 17.5 Å². The van der Waals surface area contributed by atoms with Crippen molar-refractivity contribution in [2.75, 3.05) is 36.4 Å². The van der Waals surface area contributed by atoms with Crippen LogP contribution in [0, 0.1) is 0 Å². The van der Waals surface area contributed by atoms with E-state index in [0.717, 1.165) is 36.3 Å². The molecule has 0 spiro atoms. The molecule has 2 heterocycles. The quantitative estimate of drug-likeness (QED) is 0.638. The Morgan fingerprint density at radius 1 is 1.24 bits per heavy atom. The molecule has 1 amide bonds. The molecule has 4 rings (SSSR count). The summed E-state index contributed by atoms with van der Waals surface area (Å²) in [6.45, 7) is 2.47. The molecule has 1 aromatic heterocycles. The number of rotatable bonds is 7. The third-order valence-electron chi connectivity index (χ3n) is 6.56. The fraction of sp³-hybridized carbons (Fsp3) is 0.500. The molecule has 9 heteroatoms. The Kier molecular flexibility index (Phi) is 6.67. The number of hydrogen-bond donors (Lipinski definition) is 1. The Morgan fingerprint density at radius 2 is 2.00 bits per heavy atom. The number of amides is 1. The normalized spacial score (nSPS) is 18.3. The van der Waals surface area contributed by atoms with Gasteiger partial charge in [-0.1, -0.05) is 25.8 Å². The van der Waals surface area contributed by atoms with Crippen molar-refractivity contribution in [2.45, 2.75) is 57.7 Å². The van der Waals surface area contributed by atoms with Gasteiger partial charge in [-0.25, -0.2) is 9.78 Å². The number of aromatic nitrogens is 2. The van der Waals surface area contributed by atoms with Crippen LogP contribution in [0.25, 0.3) is 0 Å². The van der Waals surface area contributed by atoms with Gasteiger partial charge in [-0.2, -0.15) is 4.98 Å². The standard InChI is InChI=1S/C24H31N5O4/c1-5-18-22(30)28(2)19-14-26-24(27-21(19)29(18)17-8-6-7-9-17)25-13-16-11-10-15(23(31)33-4)12-20(16)32-3/h10-12,14,17-18H,5-9,13H2,1-4H3,(H,25,26,27)/t18-/m1/s1. The van der Waals surface area contributed by atoms with E-state index < -0.39 is 5.97 Å². The number of fused-ring (bicyclic) bond motifs is 1. The van der Waals surface area contributed by atoms with Gasteiger partial charge in [0, 0.05) is 25.2 Å². The first-order valence-corrected chi connectivity index (χ1v) is 11.4. The summed E-state index contributed by atoms with van der Waals surface area (Å²) in [5.74, 6) is 1.54. The number of anilines is 3. The van der Waals surface area contributed by atoms with Crippen LogP contribution in [0.3, 0.4) is 0 Å². The number of esters is 1. The molecule has 2 aromatic rings. The van der Waals surface area contributed by atoms with Gasteiger partial charge in [-0.3, -0.25) is 4.79 Å². The number of likely N-dealkylation sites (N-methyl/N-ethyl adjacent to an activating group) is 1. The van der Waals surface area contributed by atoms with E-state index in [-0.39, 0.29) is 11.9 Å².